The SMILES string of the molecule is COc1ccc2c(c1)CC(CC(C)O)N2C(C)C. The van der Waals surface area contributed by atoms with Crippen LogP contribution < -0.4 is 9.64 Å². The molecule has 100 valence electrons. The molecule has 0 bridgehead atoms. The van der Waals surface area contributed by atoms with Crippen LogP contribution in [0.15, 0.2) is 18.2 Å². The van der Waals surface area contributed by atoms with Gasteiger partial charge in [0.15, 0.2) is 0 Å². The third-order valence-electron chi connectivity index (χ3n) is 3.58. The van der Waals surface area contributed by atoms with Crippen molar-refractivity contribution in [3.63, 3.8) is 0 Å². The summed E-state index contributed by atoms with van der Waals surface area (Å²) >= 11 is 0. The molecule has 0 aliphatic carbocycles. The number of rotatable bonds is 4. The molecule has 3 heteroatoms. The quantitative estimate of drug-likeness (QED) is 0.890. The number of hydrogen-bond donors (Lipinski definition) is 1. The van der Waals surface area contributed by atoms with Gasteiger partial charge in [-0.1, -0.05) is 0 Å². The molecule has 1 aliphatic heterocycles. The standard InChI is InChI=1S/C15H23NO2/c1-10(2)16-13(7-11(3)17)8-12-9-14(18-4)5-6-15(12)16/h5-6,9-11,13,17H,7-8H2,1-4H3. The van der Waals surface area contributed by atoms with Crippen LogP contribution in [0.5, 0.6) is 5.75 Å². The van der Waals surface area contributed by atoms with Crippen molar-refractivity contribution in [2.75, 3.05) is 12.0 Å². The minimum absolute atomic E-state index is 0.257. The maximum Gasteiger partial charge on any atom is 0.119 e. The zero-order valence-electron chi connectivity index (χ0n) is 11.7. The Balaban J connectivity index is 2.30. The first-order valence-electron chi connectivity index (χ1n) is 6.66. The van der Waals surface area contributed by atoms with Crippen molar-refractivity contribution >= 4 is 5.69 Å². The topological polar surface area (TPSA) is 32.7 Å². The molecule has 2 atom stereocenters. The molecule has 2 unspecified atom stereocenters. The number of anilines is 1. The van der Waals surface area contributed by atoms with E-state index in [-0.39, 0.29) is 6.10 Å². The third-order valence-corrected chi connectivity index (χ3v) is 3.58. The van der Waals surface area contributed by atoms with Gasteiger partial charge in [-0.2, -0.15) is 0 Å². The molecule has 18 heavy (non-hydrogen) atoms. The van der Waals surface area contributed by atoms with Gasteiger partial charge >= 0.3 is 0 Å². The van der Waals surface area contributed by atoms with E-state index in [0.29, 0.717) is 12.1 Å². The minimum atomic E-state index is -0.257. The lowest BCUT2D eigenvalue weighted by atomic mass is 10.0. The number of benzene rings is 1. The Bertz CT molecular complexity index is 415. The van der Waals surface area contributed by atoms with E-state index in [9.17, 15) is 5.11 Å². The van der Waals surface area contributed by atoms with Crippen LogP contribution in [0.2, 0.25) is 0 Å². The van der Waals surface area contributed by atoms with Crippen LogP contribution in [0.3, 0.4) is 0 Å². The second kappa shape index (κ2) is 5.19. The van der Waals surface area contributed by atoms with Gasteiger partial charge in [-0.25, -0.2) is 0 Å². The molecule has 3 nitrogen and oxygen atoms in total. The molecule has 1 N–H and O–H groups in total. The molecule has 0 fully saturated rings. The van der Waals surface area contributed by atoms with Crippen LogP contribution in [0.1, 0.15) is 32.8 Å². The highest BCUT2D eigenvalue weighted by molar-refractivity contribution is 5.62. The molecular weight excluding hydrogens is 226 g/mol. The van der Waals surface area contributed by atoms with Crippen LogP contribution in [0.25, 0.3) is 0 Å². The molecular formula is C15H23NO2. The number of methoxy groups -OCH3 is 1. The number of aliphatic hydroxyl groups excluding tert-OH is 1. The number of ether oxygens (including phenoxy) is 1. The summed E-state index contributed by atoms with van der Waals surface area (Å²) in [7, 11) is 1.70. The van der Waals surface area contributed by atoms with E-state index in [2.05, 4.69) is 30.9 Å². The smallest absolute Gasteiger partial charge is 0.119 e. The maximum absolute atomic E-state index is 9.64. The molecule has 2 rings (SSSR count). The Kier molecular flexibility index (Phi) is 3.81. The minimum Gasteiger partial charge on any atom is -0.497 e. The lowest BCUT2D eigenvalue weighted by molar-refractivity contribution is 0.173. The summed E-state index contributed by atoms with van der Waals surface area (Å²) in [6, 6.07) is 7.11. The molecule has 0 spiro atoms. The molecule has 1 aromatic rings. The van der Waals surface area contributed by atoms with Crippen molar-refractivity contribution in [1.82, 2.24) is 0 Å². The van der Waals surface area contributed by atoms with Gasteiger partial charge in [0.2, 0.25) is 0 Å². The molecule has 0 radical (unpaired) electrons. The van der Waals surface area contributed by atoms with Crippen LogP contribution in [-0.2, 0) is 6.42 Å². The summed E-state index contributed by atoms with van der Waals surface area (Å²) in [4.78, 5) is 2.42. The molecule has 0 saturated carbocycles. The van der Waals surface area contributed by atoms with Gasteiger partial charge in [0.1, 0.15) is 5.75 Å². The number of aliphatic hydroxyl groups is 1. The lowest BCUT2D eigenvalue weighted by Crippen LogP contribution is -2.39. The molecule has 0 amide bonds. The molecule has 1 aromatic carbocycles. The first kappa shape index (κ1) is 13.2. The maximum atomic E-state index is 9.64. The zero-order valence-corrected chi connectivity index (χ0v) is 11.7. The average molecular weight is 249 g/mol. The molecule has 1 heterocycles. The lowest BCUT2D eigenvalue weighted by Gasteiger charge is -2.32. The number of nitrogens with zero attached hydrogens (tertiary/aromatic N) is 1. The van der Waals surface area contributed by atoms with E-state index < -0.39 is 0 Å². The molecule has 0 saturated heterocycles. The van der Waals surface area contributed by atoms with E-state index in [1.165, 1.54) is 11.3 Å². The van der Waals surface area contributed by atoms with Crippen LogP contribution >= 0.6 is 0 Å². The summed E-state index contributed by atoms with van der Waals surface area (Å²) in [6.45, 7) is 6.27. The Labute approximate surface area is 109 Å². The van der Waals surface area contributed by atoms with E-state index in [1.54, 1.807) is 7.11 Å². The van der Waals surface area contributed by atoms with Crippen LogP contribution in [-0.4, -0.2) is 30.4 Å². The van der Waals surface area contributed by atoms with Crippen molar-refractivity contribution in [2.45, 2.75) is 51.8 Å². The van der Waals surface area contributed by atoms with Crippen LogP contribution in [0.4, 0.5) is 5.69 Å². The van der Waals surface area contributed by atoms with Gasteiger partial charge in [0, 0.05) is 17.8 Å². The Hall–Kier alpha value is -1.22. The third kappa shape index (κ3) is 2.46. The highest BCUT2D eigenvalue weighted by Gasteiger charge is 2.31. The predicted octanol–water partition coefficient (Wildman–Crippen LogP) is 2.61. The van der Waals surface area contributed by atoms with Gasteiger partial charge in [-0.3, -0.25) is 0 Å². The second-order valence-electron chi connectivity index (χ2n) is 5.44. The van der Waals surface area contributed by atoms with Gasteiger partial charge in [-0.05, 0) is 57.4 Å². The number of fused-ring (bicyclic) bond motifs is 1. The van der Waals surface area contributed by atoms with Gasteiger partial charge in [-0.15, -0.1) is 0 Å². The van der Waals surface area contributed by atoms with Gasteiger partial charge in [0.25, 0.3) is 0 Å². The summed E-state index contributed by atoms with van der Waals surface area (Å²) in [6.07, 6.45) is 1.55. The first-order chi connectivity index (χ1) is 8.52. The predicted molar refractivity (Wildman–Crippen MR) is 74.4 cm³/mol. The largest absolute Gasteiger partial charge is 0.497 e. The zero-order chi connectivity index (χ0) is 13.3. The van der Waals surface area contributed by atoms with E-state index in [1.807, 2.05) is 13.0 Å². The Morgan fingerprint density at radius 1 is 1.39 bits per heavy atom. The average Bonchev–Trinajstić information content (AvgIpc) is 2.64. The van der Waals surface area contributed by atoms with Crippen molar-refractivity contribution in [2.24, 2.45) is 0 Å². The summed E-state index contributed by atoms with van der Waals surface area (Å²) in [5.74, 6) is 0.912. The Morgan fingerprint density at radius 3 is 2.67 bits per heavy atom. The fourth-order valence-electron chi connectivity index (χ4n) is 2.94. The van der Waals surface area contributed by atoms with Crippen molar-refractivity contribution in [3.05, 3.63) is 23.8 Å². The van der Waals surface area contributed by atoms with Gasteiger partial charge < -0.3 is 14.7 Å². The first-order valence-corrected chi connectivity index (χ1v) is 6.66. The van der Waals surface area contributed by atoms with Gasteiger partial charge in [0.05, 0.1) is 13.2 Å². The monoisotopic (exact) mass is 249 g/mol. The van der Waals surface area contributed by atoms with Crippen molar-refractivity contribution < 1.29 is 9.84 Å². The highest BCUT2D eigenvalue weighted by atomic mass is 16.5. The van der Waals surface area contributed by atoms with Crippen molar-refractivity contribution in [1.29, 1.82) is 0 Å². The van der Waals surface area contributed by atoms with E-state index in [0.717, 1.165) is 18.6 Å². The summed E-state index contributed by atoms with van der Waals surface area (Å²) in [5, 5.41) is 9.64. The fraction of sp³-hybridized carbons (Fsp3) is 0.600. The normalized spacial score (nSPS) is 20.1. The molecule has 0 aromatic heterocycles. The molecule has 1 aliphatic rings. The van der Waals surface area contributed by atoms with E-state index >= 15 is 0 Å². The highest BCUT2D eigenvalue weighted by Crippen LogP contribution is 2.37. The van der Waals surface area contributed by atoms with Crippen molar-refractivity contribution in [3.8, 4) is 5.75 Å². The number of hydrogen-bond acceptors (Lipinski definition) is 3. The second-order valence-corrected chi connectivity index (χ2v) is 5.44. The summed E-state index contributed by atoms with van der Waals surface area (Å²) in [5.41, 5.74) is 2.62. The van der Waals surface area contributed by atoms with Crippen LogP contribution in [0, 0.1) is 0 Å². The summed E-state index contributed by atoms with van der Waals surface area (Å²) < 4.78 is 5.28. The van der Waals surface area contributed by atoms with E-state index in [4.69, 9.17) is 4.74 Å². The fourth-order valence-corrected chi connectivity index (χ4v) is 2.94. The Morgan fingerprint density at radius 2 is 2.11 bits per heavy atom.